The van der Waals surface area contributed by atoms with Crippen LogP contribution in [0.15, 0.2) is 71.9 Å². The Hall–Kier alpha value is -3.06. The zero-order valence-electron chi connectivity index (χ0n) is 13.3. The molecule has 7 heteroatoms. The highest BCUT2D eigenvalue weighted by Gasteiger charge is 2.12. The summed E-state index contributed by atoms with van der Waals surface area (Å²) in [6, 6.07) is 16.8. The summed E-state index contributed by atoms with van der Waals surface area (Å²) in [6.07, 6.45) is 3.19. The van der Waals surface area contributed by atoms with E-state index < -0.39 is 5.91 Å². The summed E-state index contributed by atoms with van der Waals surface area (Å²) in [5.74, 6) is -0.525. The lowest BCUT2D eigenvalue weighted by Crippen LogP contribution is -2.14. The molecule has 3 rings (SSSR count). The summed E-state index contributed by atoms with van der Waals surface area (Å²) in [5.41, 5.74) is 7.13. The van der Waals surface area contributed by atoms with Gasteiger partial charge in [-0.25, -0.2) is 4.68 Å². The number of nitrogens with one attached hydrogen (secondary N) is 1. The van der Waals surface area contributed by atoms with Crippen LogP contribution in [0.1, 0.15) is 10.4 Å². The zero-order valence-corrected chi connectivity index (χ0v) is 14.1. The third-order valence-corrected chi connectivity index (χ3v) is 4.47. The fourth-order valence-electron chi connectivity index (χ4n) is 2.20. The smallest absolute Gasteiger partial charge is 0.258 e. The highest BCUT2D eigenvalue weighted by Crippen LogP contribution is 2.27. The third-order valence-electron chi connectivity index (χ3n) is 3.37. The maximum Gasteiger partial charge on any atom is 0.258 e. The largest absolute Gasteiger partial charge is 0.369 e. The molecular formula is C18H16N4O2S. The number of amides is 2. The van der Waals surface area contributed by atoms with Crippen molar-refractivity contribution in [3.63, 3.8) is 0 Å². The molecule has 25 heavy (non-hydrogen) atoms. The molecule has 0 radical (unpaired) electrons. The minimum Gasteiger partial charge on any atom is -0.369 e. The topological polar surface area (TPSA) is 90.0 Å². The predicted molar refractivity (Wildman–Crippen MR) is 97.9 cm³/mol. The van der Waals surface area contributed by atoms with Crippen LogP contribution in [0.2, 0.25) is 0 Å². The van der Waals surface area contributed by atoms with Crippen LogP contribution in [0.5, 0.6) is 0 Å². The number of hydrogen-bond donors (Lipinski definition) is 2. The van der Waals surface area contributed by atoms with Crippen LogP contribution in [-0.4, -0.2) is 27.3 Å². The quantitative estimate of drug-likeness (QED) is 0.668. The minimum absolute atomic E-state index is 0.152. The van der Waals surface area contributed by atoms with E-state index in [1.54, 1.807) is 16.9 Å². The molecule has 0 bridgehead atoms. The number of nitrogens with two attached hydrogens (primary N) is 1. The van der Waals surface area contributed by atoms with Gasteiger partial charge in [-0.1, -0.05) is 30.3 Å². The van der Waals surface area contributed by atoms with Crippen molar-refractivity contribution in [3.05, 3.63) is 72.6 Å². The molecule has 3 N–H and O–H groups in total. The number of rotatable bonds is 6. The van der Waals surface area contributed by atoms with Gasteiger partial charge >= 0.3 is 0 Å². The fourth-order valence-corrected chi connectivity index (χ4v) is 2.95. The van der Waals surface area contributed by atoms with Crippen molar-refractivity contribution in [2.24, 2.45) is 5.73 Å². The molecule has 6 nitrogen and oxygen atoms in total. The lowest BCUT2D eigenvalue weighted by molar-refractivity contribution is -0.115. The molecule has 2 amide bonds. The predicted octanol–water partition coefficient (Wildman–Crippen LogP) is 2.70. The Morgan fingerprint density at radius 1 is 1.08 bits per heavy atom. The lowest BCUT2D eigenvalue weighted by Gasteiger charge is -2.09. The van der Waals surface area contributed by atoms with Gasteiger partial charge in [-0.15, -0.1) is 11.8 Å². The molecule has 0 saturated heterocycles. The molecule has 0 saturated carbocycles. The average Bonchev–Trinajstić information content (AvgIpc) is 3.12. The zero-order chi connectivity index (χ0) is 17.6. The van der Waals surface area contributed by atoms with E-state index in [9.17, 15) is 9.59 Å². The molecule has 2 aromatic carbocycles. The van der Waals surface area contributed by atoms with Crippen molar-refractivity contribution in [1.29, 1.82) is 0 Å². The Labute approximate surface area is 149 Å². The normalized spacial score (nSPS) is 10.4. The number of aromatic nitrogens is 2. The highest BCUT2D eigenvalue weighted by molar-refractivity contribution is 8.00. The van der Waals surface area contributed by atoms with Gasteiger partial charge in [-0.2, -0.15) is 5.10 Å². The SMILES string of the molecule is NC(=O)CSc1ccccc1NC(=O)c1cnn(-c2ccccc2)c1. The van der Waals surface area contributed by atoms with Crippen molar-refractivity contribution in [2.75, 3.05) is 11.1 Å². The first kappa shape index (κ1) is 16.8. The average molecular weight is 352 g/mol. The third kappa shape index (κ3) is 4.27. The lowest BCUT2D eigenvalue weighted by atomic mass is 10.3. The molecule has 0 aliphatic heterocycles. The molecule has 0 spiro atoms. The number of benzene rings is 2. The Kier molecular flexibility index (Phi) is 5.15. The van der Waals surface area contributed by atoms with Crippen LogP contribution in [0.4, 0.5) is 5.69 Å². The molecule has 1 aromatic heterocycles. The van der Waals surface area contributed by atoms with E-state index in [4.69, 9.17) is 5.73 Å². The number of anilines is 1. The number of primary amides is 1. The molecule has 0 aliphatic carbocycles. The van der Waals surface area contributed by atoms with Gasteiger partial charge in [0.2, 0.25) is 5.91 Å². The monoisotopic (exact) mass is 352 g/mol. The molecule has 0 fully saturated rings. The van der Waals surface area contributed by atoms with Crippen molar-refractivity contribution in [2.45, 2.75) is 4.90 Å². The summed E-state index contributed by atoms with van der Waals surface area (Å²) in [6.45, 7) is 0. The molecule has 0 unspecified atom stereocenters. The van der Waals surface area contributed by atoms with Gasteiger partial charge in [0.1, 0.15) is 0 Å². The van der Waals surface area contributed by atoms with Crippen molar-refractivity contribution >= 4 is 29.3 Å². The van der Waals surface area contributed by atoms with Gasteiger partial charge in [-0.3, -0.25) is 9.59 Å². The molecule has 0 aliphatic rings. The summed E-state index contributed by atoms with van der Waals surface area (Å²) in [4.78, 5) is 24.2. The molecule has 3 aromatic rings. The van der Waals surface area contributed by atoms with Crippen LogP contribution >= 0.6 is 11.8 Å². The molecule has 0 atom stereocenters. The molecular weight excluding hydrogens is 336 g/mol. The summed E-state index contributed by atoms with van der Waals surface area (Å²) < 4.78 is 1.64. The van der Waals surface area contributed by atoms with Gasteiger partial charge in [0, 0.05) is 11.1 Å². The minimum atomic E-state index is -0.407. The Morgan fingerprint density at radius 2 is 1.80 bits per heavy atom. The number of hydrogen-bond acceptors (Lipinski definition) is 4. The number of para-hydroxylation sites is 2. The first-order valence-electron chi connectivity index (χ1n) is 7.55. The first-order valence-corrected chi connectivity index (χ1v) is 8.53. The van der Waals surface area contributed by atoms with E-state index in [2.05, 4.69) is 10.4 Å². The van der Waals surface area contributed by atoms with Gasteiger partial charge in [0.25, 0.3) is 5.91 Å². The van der Waals surface area contributed by atoms with E-state index in [0.29, 0.717) is 11.3 Å². The molecule has 1 heterocycles. The number of thioether (sulfide) groups is 1. The first-order chi connectivity index (χ1) is 12.1. The Morgan fingerprint density at radius 3 is 2.56 bits per heavy atom. The van der Waals surface area contributed by atoms with E-state index in [0.717, 1.165) is 10.6 Å². The van der Waals surface area contributed by atoms with Gasteiger partial charge < -0.3 is 11.1 Å². The van der Waals surface area contributed by atoms with Crippen LogP contribution in [0.3, 0.4) is 0 Å². The van der Waals surface area contributed by atoms with E-state index in [-0.39, 0.29) is 11.7 Å². The maximum absolute atomic E-state index is 12.5. The summed E-state index contributed by atoms with van der Waals surface area (Å²) in [7, 11) is 0. The Balaban J connectivity index is 1.75. The van der Waals surface area contributed by atoms with Gasteiger partial charge in [0.15, 0.2) is 0 Å². The second kappa shape index (κ2) is 7.67. The second-order valence-corrected chi connectivity index (χ2v) is 6.23. The van der Waals surface area contributed by atoms with Crippen LogP contribution in [0, 0.1) is 0 Å². The number of nitrogens with zero attached hydrogens (tertiary/aromatic N) is 2. The van der Waals surface area contributed by atoms with Crippen LogP contribution in [-0.2, 0) is 4.79 Å². The fraction of sp³-hybridized carbons (Fsp3) is 0.0556. The number of carbonyl (C=O) groups is 2. The van der Waals surface area contributed by atoms with Gasteiger partial charge in [0.05, 0.1) is 28.9 Å². The van der Waals surface area contributed by atoms with Crippen LogP contribution < -0.4 is 11.1 Å². The van der Waals surface area contributed by atoms with Gasteiger partial charge in [-0.05, 0) is 24.3 Å². The summed E-state index contributed by atoms with van der Waals surface area (Å²) >= 11 is 1.28. The van der Waals surface area contributed by atoms with E-state index in [1.165, 1.54) is 18.0 Å². The van der Waals surface area contributed by atoms with Crippen molar-refractivity contribution in [3.8, 4) is 5.69 Å². The Bertz CT molecular complexity index is 893. The standard InChI is InChI=1S/C18H16N4O2S/c19-17(23)12-25-16-9-5-4-8-15(16)21-18(24)13-10-20-22(11-13)14-6-2-1-3-7-14/h1-11H,12H2,(H2,19,23)(H,21,24). The van der Waals surface area contributed by atoms with E-state index >= 15 is 0 Å². The highest BCUT2D eigenvalue weighted by atomic mass is 32.2. The number of carbonyl (C=O) groups excluding carboxylic acids is 2. The van der Waals surface area contributed by atoms with Crippen LogP contribution in [0.25, 0.3) is 5.69 Å². The van der Waals surface area contributed by atoms with Crippen molar-refractivity contribution in [1.82, 2.24) is 9.78 Å². The maximum atomic E-state index is 12.5. The van der Waals surface area contributed by atoms with Crippen molar-refractivity contribution < 1.29 is 9.59 Å². The molecule has 126 valence electrons. The second-order valence-electron chi connectivity index (χ2n) is 5.21. The summed E-state index contributed by atoms with van der Waals surface area (Å²) in [5, 5.41) is 7.07. The van der Waals surface area contributed by atoms with E-state index in [1.807, 2.05) is 48.5 Å².